The van der Waals surface area contributed by atoms with Gasteiger partial charge in [-0.2, -0.15) is 0 Å². The van der Waals surface area contributed by atoms with Gasteiger partial charge in [-0.1, -0.05) is 11.5 Å². The summed E-state index contributed by atoms with van der Waals surface area (Å²) in [7, 11) is -1.32. The first-order chi connectivity index (χ1) is 6.20. The minimum absolute atomic E-state index is 0.0302. The number of hydrogen-bond donors (Lipinski definition) is 3. The largest absolute Gasteiger partial charge is 0.480 e. The molecule has 0 saturated carbocycles. The number of nitrogens with one attached hydrogen (secondary N) is 1. The van der Waals surface area contributed by atoms with Crippen LogP contribution < -0.4 is 5.32 Å². The first-order valence-corrected chi connectivity index (χ1v) is 5.05. The van der Waals surface area contributed by atoms with E-state index in [1.165, 1.54) is 0 Å². The van der Waals surface area contributed by atoms with Crippen molar-refractivity contribution < 1.29 is 10.0 Å². The molecule has 0 spiro atoms. The summed E-state index contributed by atoms with van der Waals surface area (Å²) >= 11 is 0. The fourth-order valence-corrected chi connectivity index (χ4v) is 2.53. The van der Waals surface area contributed by atoms with Crippen LogP contribution in [0.4, 0.5) is 0 Å². The van der Waals surface area contributed by atoms with E-state index >= 15 is 0 Å². The van der Waals surface area contributed by atoms with Crippen LogP contribution in [0.1, 0.15) is 40.5 Å². The molecule has 1 aliphatic rings. The van der Waals surface area contributed by atoms with E-state index in [0.717, 1.165) is 18.4 Å². The van der Waals surface area contributed by atoms with Crippen molar-refractivity contribution in [2.24, 2.45) is 0 Å². The monoisotopic (exact) mass is 197 g/mol. The molecule has 0 radical (unpaired) electrons. The maximum Gasteiger partial charge on any atom is 0.480 e. The van der Waals surface area contributed by atoms with E-state index in [2.05, 4.69) is 33.0 Å². The van der Waals surface area contributed by atoms with Crippen molar-refractivity contribution >= 4 is 7.12 Å². The van der Waals surface area contributed by atoms with Crippen LogP contribution in [0.15, 0.2) is 11.5 Å². The molecule has 1 heterocycles. The Bertz CT molecular complexity index is 229. The molecular weight excluding hydrogens is 177 g/mol. The molecule has 3 N–H and O–H groups in total. The molecule has 14 heavy (non-hydrogen) atoms. The van der Waals surface area contributed by atoms with Crippen LogP contribution in [0, 0.1) is 0 Å². The second-order valence-electron chi connectivity index (χ2n) is 5.48. The minimum atomic E-state index is -1.32. The highest BCUT2D eigenvalue weighted by Gasteiger charge is 2.34. The standard InChI is InChI=1S/C10H20BNO2/c1-9(2)5-8(7-11(13)14)6-10(3,4)12-9/h7,12-14H,5-6H2,1-4H3. The van der Waals surface area contributed by atoms with Crippen LogP contribution in [0.25, 0.3) is 0 Å². The summed E-state index contributed by atoms with van der Waals surface area (Å²) in [5.41, 5.74) is 1.18. The topological polar surface area (TPSA) is 52.5 Å². The summed E-state index contributed by atoms with van der Waals surface area (Å²) < 4.78 is 0. The van der Waals surface area contributed by atoms with Crippen molar-refractivity contribution in [2.45, 2.75) is 51.6 Å². The van der Waals surface area contributed by atoms with Gasteiger partial charge in [-0.15, -0.1) is 0 Å². The minimum Gasteiger partial charge on any atom is -0.424 e. The Kier molecular flexibility index (Phi) is 3.09. The third-order valence-corrected chi connectivity index (χ3v) is 2.40. The molecule has 1 rings (SSSR count). The van der Waals surface area contributed by atoms with E-state index in [9.17, 15) is 0 Å². The van der Waals surface area contributed by atoms with E-state index in [1.807, 2.05) is 0 Å². The predicted octanol–water partition coefficient (Wildman–Crippen LogP) is 0.865. The van der Waals surface area contributed by atoms with Crippen molar-refractivity contribution in [3.8, 4) is 0 Å². The molecule has 0 unspecified atom stereocenters. The van der Waals surface area contributed by atoms with Gasteiger partial charge in [-0.3, -0.25) is 0 Å². The SMILES string of the molecule is CC1(C)CC(=CB(O)O)CC(C)(C)N1. The van der Waals surface area contributed by atoms with Gasteiger partial charge in [-0.05, 0) is 40.5 Å². The molecule has 80 valence electrons. The predicted molar refractivity (Wildman–Crippen MR) is 58.8 cm³/mol. The molecule has 1 fully saturated rings. The van der Waals surface area contributed by atoms with Crippen LogP contribution >= 0.6 is 0 Å². The van der Waals surface area contributed by atoms with E-state index in [-0.39, 0.29) is 11.1 Å². The lowest BCUT2D eigenvalue weighted by Crippen LogP contribution is -2.56. The molecule has 0 aliphatic carbocycles. The summed E-state index contributed by atoms with van der Waals surface area (Å²) in [5.74, 6) is 1.55. The second-order valence-corrected chi connectivity index (χ2v) is 5.48. The Morgan fingerprint density at radius 1 is 1.14 bits per heavy atom. The Balaban J connectivity index is 2.82. The lowest BCUT2D eigenvalue weighted by atomic mass is 9.75. The maximum absolute atomic E-state index is 8.90. The number of hydrogen-bond acceptors (Lipinski definition) is 3. The summed E-state index contributed by atoms with van der Waals surface area (Å²) in [6.45, 7) is 8.52. The normalized spacial score (nSPS) is 24.6. The van der Waals surface area contributed by atoms with Gasteiger partial charge < -0.3 is 15.4 Å². The maximum atomic E-state index is 8.90. The third-order valence-electron chi connectivity index (χ3n) is 2.40. The van der Waals surface area contributed by atoms with Crippen LogP contribution in [-0.2, 0) is 0 Å². The third kappa shape index (κ3) is 3.44. The van der Waals surface area contributed by atoms with Crippen molar-refractivity contribution in [3.05, 3.63) is 11.5 Å². The van der Waals surface area contributed by atoms with Crippen LogP contribution in [0.2, 0.25) is 0 Å². The molecule has 0 bridgehead atoms. The molecular formula is C10H20BNO2. The summed E-state index contributed by atoms with van der Waals surface area (Å²) in [6, 6.07) is 0. The van der Waals surface area contributed by atoms with Crippen molar-refractivity contribution in [1.29, 1.82) is 0 Å². The number of rotatable bonds is 1. The lowest BCUT2D eigenvalue weighted by molar-refractivity contribution is 0.223. The van der Waals surface area contributed by atoms with E-state index < -0.39 is 7.12 Å². The van der Waals surface area contributed by atoms with Gasteiger partial charge in [0.05, 0.1) is 0 Å². The first-order valence-electron chi connectivity index (χ1n) is 5.05. The van der Waals surface area contributed by atoms with E-state index in [1.54, 1.807) is 5.98 Å². The van der Waals surface area contributed by atoms with Gasteiger partial charge in [0, 0.05) is 11.1 Å². The Morgan fingerprint density at radius 2 is 1.57 bits per heavy atom. The van der Waals surface area contributed by atoms with Crippen LogP contribution in [0.5, 0.6) is 0 Å². The van der Waals surface area contributed by atoms with E-state index in [4.69, 9.17) is 10.0 Å². The zero-order chi connectivity index (χ0) is 11.0. The fraction of sp³-hybridized carbons (Fsp3) is 0.800. The van der Waals surface area contributed by atoms with Crippen LogP contribution in [0.3, 0.4) is 0 Å². The Morgan fingerprint density at radius 3 is 1.93 bits per heavy atom. The highest BCUT2D eigenvalue weighted by Crippen LogP contribution is 2.32. The molecule has 0 amide bonds. The number of piperidine rings is 1. The lowest BCUT2D eigenvalue weighted by Gasteiger charge is -2.44. The summed E-state index contributed by atoms with van der Waals surface area (Å²) in [5, 5.41) is 21.3. The highest BCUT2D eigenvalue weighted by atomic mass is 16.4. The van der Waals surface area contributed by atoms with Gasteiger partial charge in [0.1, 0.15) is 0 Å². The van der Waals surface area contributed by atoms with E-state index in [0.29, 0.717) is 0 Å². The van der Waals surface area contributed by atoms with Crippen molar-refractivity contribution in [2.75, 3.05) is 0 Å². The molecule has 0 aromatic carbocycles. The quantitative estimate of drug-likeness (QED) is 0.546. The molecule has 0 atom stereocenters. The molecule has 0 aromatic heterocycles. The van der Waals surface area contributed by atoms with Crippen molar-refractivity contribution in [3.63, 3.8) is 0 Å². The first kappa shape index (κ1) is 11.8. The zero-order valence-electron chi connectivity index (χ0n) is 9.46. The van der Waals surface area contributed by atoms with Gasteiger partial charge in [0.25, 0.3) is 0 Å². The molecule has 0 aromatic rings. The van der Waals surface area contributed by atoms with Crippen molar-refractivity contribution in [1.82, 2.24) is 5.32 Å². The Hall–Kier alpha value is -0.315. The Labute approximate surface area is 86.4 Å². The molecule has 4 heteroatoms. The van der Waals surface area contributed by atoms with Gasteiger partial charge in [0.2, 0.25) is 0 Å². The van der Waals surface area contributed by atoms with Gasteiger partial charge in [0.15, 0.2) is 0 Å². The smallest absolute Gasteiger partial charge is 0.424 e. The van der Waals surface area contributed by atoms with Gasteiger partial charge in [-0.25, -0.2) is 0 Å². The highest BCUT2D eigenvalue weighted by molar-refractivity contribution is 6.47. The second kappa shape index (κ2) is 3.68. The zero-order valence-corrected chi connectivity index (χ0v) is 9.46. The molecule has 1 aliphatic heterocycles. The average molecular weight is 197 g/mol. The fourth-order valence-electron chi connectivity index (χ4n) is 2.53. The molecule has 3 nitrogen and oxygen atoms in total. The summed E-state index contributed by atoms with van der Waals surface area (Å²) in [6.07, 6.45) is 1.74. The molecule has 1 saturated heterocycles. The average Bonchev–Trinajstić information content (AvgIpc) is 1.74. The van der Waals surface area contributed by atoms with Crippen LogP contribution in [-0.4, -0.2) is 28.2 Å². The summed E-state index contributed by atoms with van der Waals surface area (Å²) in [4.78, 5) is 0. The van der Waals surface area contributed by atoms with Gasteiger partial charge >= 0.3 is 7.12 Å².